The van der Waals surface area contributed by atoms with Crippen LogP contribution in [0, 0.1) is 6.92 Å². The number of aryl methyl sites for hydroxylation is 1. The summed E-state index contributed by atoms with van der Waals surface area (Å²) >= 11 is 1.69. The summed E-state index contributed by atoms with van der Waals surface area (Å²) in [6.45, 7) is 5.62. The number of ether oxygens (including phenoxy) is 1. The summed E-state index contributed by atoms with van der Waals surface area (Å²) in [5.74, 6) is 0.252. The van der Waals surface area contributed by atoms with Crippen molar-refractivity contribution in [3.8, 4) is 5.75 Å². The van der Waals surface area contributed by atoms with E-state index in [-0.39, 0.29) is 18.4 Å². The molecule has 2 amide bonds. The van der Waals surface area contributed by atoms with Crippen LogP contribution in [0.5, 0.6) is 5.75 Å². The maximum Gasteiger partial charge on any atom is 0.258 e. The van der Waals surface area contributed by atoms with Crippen LogP contribution >= 0.6 is 11.3 Å². The Kier molecular flexibility index (Phi) is 8.45. The zero-order chi connectivity index (χ0) is 22.9. The molecule has 5 nitrogen and oxygen atoms in total. The van der Waals surface area contributed by atoms with E-state index in [2.05, 4.69) is 19.1 Å². The lowest BCUT2D eigenvalue weighted by molar-refractivity contribution is -0.133. The van der Waals surface area contributed by atoms with Gasteiger partial charge in [0.1, 0.15) is 12.3 Å². The van der Waals surface area contributed by atoms with Gasteiger partial charge in [0, 0.05) is 22.8 Å². The van der Waals surface area contributed by atoms with E-state index in [1.807, 2.05) is 54.3 Å². The van der Waals surface area contributed by atoms with E-state index in [0.29, 0.717) is 30.9 Å². The molecule has 6 heteroatoms. The summed E-state index contributed by atoms with van der Waals surface area (Å²) in [5, 5.41) is 0. The molecule has 1 heterocycles. The molecule has 1 aromatic heterocycles. The highest BCUT2D eigenvalue weighted by Gasteiger charge is 2.24. The number of carbonyl (C=O) groups excluding carboxylic acids is 2. The summed E-state index contributed by atoms with van der Waals surface area (Å²) in [7, 11) is 1.55. The molecule has 0 spiro atoms. The lowest BCUT2D eigenvalue weighted by Crippen LogP contribution is -2.42. The Morgan fingerprint density at radius 1 is 0.906 bits per heavy atom. The molecular weight excluding hydrogens is 420 g/mol. The topological polar surface area (TPSA) is 49.9 Å². The Hall–Kier alpha value is -3.12. The molecule has 0 N–H and O–H groups in total. The molecule has 0 aliphatic carbocycles. The van der Waals surface area contributed by atoms with Gasteiger partial charge in [0.25, 0.3) is 5.91 Å². The van der Waals surface area contributed by atoms with Gasteiger partial charge in [0.05, 0.1) is 19.2 Å². The normalized spacial score (nSPS) is 10.6. The number of thiophene rings is 1. The summed E-state index contributed by atoms with van der Waals surface area (Å²) in [4.78, 5) is 32.5. The Morgan fingerprint density at radius 3 is 2.28 bits per heavy atom. The number of benzene rings is 2. The van der Waals surface area contributed by atoms with Crippen molar-refractivity contribution in [2.75, 3.05) is 20.2 Å². The van der Waals surface area contributed by atoms with Gasteiger partial charge in [-0.3, -0.25) is 9.59 Å². The first-order valence-corrected chi connectivity index (χ1v) is 11.6. The van der Waals surface area contributed by atoms with Crippen molar-refractivity contribution in [3.63, 3.8) is 0 Å². The quantitative estimate of drug-likeness (QED) is 0.429. The second kappa shape index (κ2) is 11.5. The molecule has 0 saturated carbocycles. The standard InChI is InChI=1S/C26H30N2O3S/c1-4-16-27(26(30)23-12-8-9-13-24(23)31-3)19-25(29)28(17-21-10-6-5-7-11-21)18-22-15-14-20(2)32-22/h5-15H,4,16-19H2,1-3H3. The van der Waals surface area contributed by atoms with E-state index in [1.54, 1.807) is 35.5 Å². The predicted molar refractivity (Wildman–Crippen MR) is 129 cm³/mol. The molecule has 0 aliphatic rings. The Morgan fingerprint density at radius 2 is 1.62 bits per heavy atom. The van der Waals surface area contributed by atoms with Crippen molar-refractivity contribution >= 4 is 23.2 Å². The largest absolute Gasteiger partial charge is 0.496 e. The van der Waals surface area contributed by atoms with Crippen LogP contribution in [-0.2, 0) is 17.9 Å². The van der Waals surface area contributed by atoms with Crippen molar-refractivity contribution in [1.29, 1.82) is 0 Å². The maximum atomic E-state index is 13.4. The van der Waals surface area contributed by atoms with Crippen molar-refractivity contribution in [2.24, 2.45) is 0 Å². The lowest BCUT2D eigenvalue weighted by Gasteiger charge is -2.28. The van der Waals surface area contributed by atoms with Crippen molar-refractivity contribution in [2.45, 2.75) is 33.4 Å². The number of hydrogen-bond donors (Lipinski definition) is 0. The molecule has 0 fully saturated rings. The van der Waals surface area contributed by atoms with Gasteiger partial charge in [-0.1, -0.05) is 49.4 Å². The van der Waals surface area contributed by atoms with Gasteiger partial charge in [-0.25, -0.2) is 0 Å². The van der Waals surface area contributed by atoms with Crippen LogP contribution in [0.2, 0.25) is 0 Å². The van der Waals surface area contributed by atoms with Crippen LogP contribution in [0.1, 0.15) is 39.0 Å². The summed E-state index contributed by atoms with van der Waals surface area (Å²) < 4.78 is 5.37. The number of nitrogens with zero attached hydrogens (tertiary/aromatic N) is 2. The third-order valence-corrected chi connectivity index (χ3v) is 6.14. The third-order valence-electron chi connectivity index (χ3n) is 5.16. The zero-order valence-corrected chi connectivity index (χ0v) is 19.7. The van der Waals surface area contributed by atoms with Crippen molar-refractivity contribution in [3.05, 3.63) is 87.6 Å². The number of para-hydroxylation sites is 1. The average Bonchev–Trinajstić information content (AvgIpc) is 3.23. The molecule has 2 aromatic carbocycles. The van der Waals surface area contributed by atoms with Gasteiger partial charge < -0.3 is 14.5 Å². The van der Waals surface area contributed by atoms with Crippen LogP contribution in [0.25, 0.3) is 0 Å². The second-order valence-electron chi connectivity index (χ2n) is 7.67. The molecule has 3 rings (SSSR count). The molecule has 0 radical (unpaired) electrons. The number of rotatable bonds is 10. The van der Waals surface area contributed by atoms with Gasteiger partial charge >= 0.3 is 0 Å². The summed E-state index contributed by atoms with van der Waals surface area (Å²) in [6.07, 6.45) is 0.761. The Labute approximate surface area is 194 Å². The fraction of sp³-hybridized carbons (Fsp3) is 0.308. The number of methoxy groups -OCH3 is 1. The van der Waals surface area contributed by atoms with Crippen LogP contribution in [-0.4, -0.2) is 41.8 Å². The van der Waals surface area contributed by atoms with E-state index in [4.69, 9.17) is 4.74 Å². The van der Waals surface area contributed by atoms with E-state index in [1.165, 1.54) is 4.88 Å². The zero-order valence-electron chi connectivity index (χ0n) is 18.9. The van der Waals surface area contributed by atoms with Crippen LogP contribution in [0.4, 0.5) is 0 Å². The Bertz CT molecular complexity index is 1030. The van der Waals surface area contributed by atoms with Crippen LogP contribution in [0.15, 0.2) is 66.7 Å². The number of carbonyl (C=O) groups is 2. The Balaban J connectivity index is 1.81. The minimum atomic E-state index is -0.190. The van der Waals surface area contributed by atoms with Crippen LogP contribution < -0.4 is 4.74 Å². The summed E-state index contributed by atoms with van der Waals surface area (Å²) in [5.41, 5.74) is 1.53. The minimum Gasteiger partial charge on any atom is -0.496 e. The molecule has 3 aromatic rings. The smallest absolute Gasteiger partial charge is 0.258 e. The fourth-order valence-corrected chi connectivity index (χ4v) is 4.48. The molecule has 0 aliphatic heterocycles. The average molecular weight is 451 g/mol. The van der Waals surface area contributed by atoms with Crippen LogP contribution in [0.3, 0.4) is 0 Å². The third kappa shape index (κ3) is 6.20. The molecule has 0 bridgehead atoms. The van der Waals surface area contributed by atoms with E-state index in [0.717, 1.165) is 16.9 Å². The molecule has 32 heavy (non-hydrogen) atoms. The highest BCUT2D eigenvalue weighted by atomic mass is 32.1. The van der Waals surface area contributed by atoms with Gasteiger partial charge in [-0.15, -0.1) is 11.3 Å². The van der Waals surface area contributed by atoms with Gasteiger partial charge in [-0.05, 0) is 43.2 Å². The lowest BCUT2D eigenvalue weighted by atomic mass is 10.1. The molecular formula is C26H30N2O3S. The minimum absolute atomic E-state index is 0.0297. The molecule has 0 saturated heterocycles. The number of hydrogen-bond acceptors (Lipinski definition) is 4. The number of amides is 2. The van der Waals surface area contributed by atoms with E-state index >= 15 is 0 Å². The first-order chi connectivity index (χ1) is 15.5. The molecule has 168 valence electrons. The van der Waals surface area contributed by atoms with Crippen molar-refractivity contribution in [1.82, 2.24) is 9.80 Å². The first kappa shape index (κ1) is 23.5. The van der Waals surface area contributed by atoms with E-state index < -0.39 is 0 Å². The highest BCUT2D eigenvalue weighted by molar-refractivity contribution is 7.11. The second-order valence-corrected chi connectivity index (χ2v) is 9.05. The van der Waals surface area contributed by atoms with Gasteiger partial charge in [-0.2, -0.15) is 0 Å². The summed E-state index contributed by atoms with van der Waals surface area (Å²) in [6, 6.07) is 21.2. The van der Waals surface area contributed by atoms with Gasteiger partial charge in [0.2, 0.25) is 5.91 Å². The van der Waals surface area contributed by atoms with E-state index in [9.17, 15) is 9.59 Å². The monoisotopic (exact) mass is 450 g/mol. The van der Waals surface area contributed by atoms with Crippen molar-refractivity contribution < 1.29 is 14.3 Å². The maximum absolute atomic E-state index is 13.4. The SMILES string of the molecule is CCCN(CC(=O)N(Cc1ccccc1)Cc1ccc(C)s1)C(=O)c1ccccc1OC. The first-order valence-electron chi connectivity index (χ1n) is 10.8. The highest BCUT2D eigenvalue weighted by Crippen LogP contribution is 2.21. The van der Waals surface area contributed by atoms with Gasteiger partial charge in [0.15, 0.2) is 0 Å². The molecule has 0 atom stereocenters. The predicted octanol–water partition coefficient (Wildman–Crippen LogP) is 5.15. The fourth-order valence-electron chi connectivity index (χ4n) is 3.57. The molecule has 0 unspecified atom stereocenters.